The lowest BCUT2D eigenvalue weighted by molar-refractivity contribution is -0.133. The monoisotopic (exact) mass is 431 g/mol. The smallest absolute Gasteiger partial charge is 0.260 e. The standard InChI is InChI=1S/C25H25N3O4/c1-2-28(14-23-26-20-9-5-3-8-18(20)25(30)27-23)24(29)15-31-16-11-12-22-19(13-16)17-7-4-6-10-21(17)32-22/h3,5,8-9,11-13H,2,4,6-7,10,14-15H2,1H3,(H,26,27,30). The zero-order valence-corrected chi connectivity index (χ0v) is 18.0. The summed E-state index contributed by atoms with van der Waals surface area (Å²) in [7, 11) is 0. The van der Waals surface area contributed by atoms with Crippen LogP contribution in [-0.4, -0.2) is 33.9 Å². The average Bonchev–Trinajstić information content (AvgIpc) is 3.19. The van der Waals surface area contributed by atoms with Gasteiger partial charge >= 0.3 is 0 Å². The van der Waals surface area contributed by atoms with E-state index in [2.05, 4.69) is 9.97 Å². The quantitative estimate of drug-likeness (QED) is 0.499. The van der Waals surface area contributed by atoms with Crippen LogP contribution >= 0.6 is 0 Å². The number of carbonyl (C=O) groups is 1. The van der Waals surface area contributed by atoms with Gasteiger partial charge in [-0.25, -0.2) is 4.98 Å². The third-order valence-electron chi connectivity index (χ3n) is 6.03. The number of para-hydroxylation sites is 1. The molecule has 4 aromatic rings. The molecular formula is C25H25N3O4. The van der Waals surface area contributed by atoms with E-state index in [4.69, 9.17) is 9.15 Å². The normalized spacial score (nSPS) is 13.3. The molecule has 32 heavy (non-hydrogen) atoms. The van der Waals surface area contributed by atoms with Gasteiger partial charge in [-0.15, -0.1) is 0 Å². The highest BCUT2D eigenvalue weighted by molar-refractivity contribution is 5.84. The molecule has 1 amide bonds. The maximum Gasteiger partial charge on any atom is 0.260 e. The van der Waals surface area contributed by atoms with Crippen molar-refractivity contribution in [3.8, 4) is 5.75 Å². The Labute approximate surface area is 185 Å². The maximum atomic E-state index is 12.8. The number of aryl methyl sites for hydroxylation is 2. The molecule has 7 heteroatoms. The minimum absolute atomic E-state index is 0.0861. The number of H-pyrrole nitrogens is 1. The number of rotatable bonds is 6. The van der Waals surface area contributed by atoms with Gasteiger partial charge in [0.1, 0.15) is 22.9 Å². The van der Waals surface area contributed by atoms with E-state index < -0.39 is 0 Å². The Balaban J connectivity index is 1.29. The van der Waals surface area contributed by atoms with Crippen molar-refractivity contribution in [3.63, 3.8) is 0 Å². The zero-order chi connectivity index (χ0) is 22.1. The van der Waals surface area contributed by atoms with Crippen LogP contribution < -0.4 is 10.3 Å². The minimum Gasteiger partial charge on any atom is -0.484 e. The second-order valence-corrected chi connectivity index (χ2v) is 8.10. The summed E-state index contributed by atoms with van der Waals surface area (Å²) in [6.07, 6.45) is 4.33. The Kier molecular flexibility index (Phi) is 5.39. The number of aromatic nitrogens is 2. The summed E-state index contributed by atoms with van der Waals surface area (Å²) in [6, 6.07) is 12.9. The highest BCUT2D eigenvalue weighted by Crippen LogP contribution is 2.33. The Bertz CT molecular complexity index is 1350. The van der Waals surface area contributed by atoms with Crippen LogP contribution in [0.25, 0.3) is 21.9 Å². The molecule has 7 nitrogen and oxygen atoms in total. The average molecular weight is 431 g/mol. The second kappa shape index (κ2) is 8.49. The lowest BCUT2D eigenvalue weighted by atomic mass is 9.96. The summed E-state index contributed by atoms with van der Waals surface area (Å²) in [5.74, 6) is 2.01. The fourth-order valence-corrected chi connectivity index (χ4v) is 4.33. The van der Waals surface area contributed by atoms with Gasteiger partial charge in [-0.2, -0.15) is 0 Å². The largest absolute Gasteiger partial charge is 0.484 e. The number of likely N-dealkylation sites (N-methyl/N-ethyl adjacent to an activating group) is 1. The number of carbonyl (C=O) groups excluding carboxylic acids is 1. The van der Waals surface area contributed by atoms with Gasteiger partial charge in [-0.05, 0) is 56.5 Å². The van der Waals surface area contributed by atoms with Crippen molar-refractivity contribution in [1.82, 2.24) is 14.9 Å². The molecule has 0 spiro atoms. The molecule has 0 saturated carbocycles. The molecule has 1 aliphatic rings. The molecule has 2 aromatic carbocycles. The Morgan fingerprint density at radius 3 is 2.88 bits per heavy atom. The van der Waals surface area contributed by atoms with Crippen LogP contribution in [0, 0.1) is 0 Å². The molecule has 2 heterocycles. The maximum absolute atomic E-state index is 12.8. The topological polar surface area (TPSA) is 88.4 Å². The van der Waals surface area contributed by atoms with Gasteiger partial charge in [-0.3, -0.25) is 9.59 Å². The van der Waals surface area contributed by atoms with Crippen LogP contribution in [0.15, 0.2) is 51.7 Å². The molecule has 0 unspecified atom stereocenters. The van der Waals surface area contributed by atoms with Gasteiger partial charge in [0.05, 0.1) is 17.4 Å². The lowest BCUT2D eigenvalue weighted by Gasteiger charge is -2.20. The number of nitrogens with one attached hydrogen (secondary N) is 1. The van der Waals surface area contributed by atoms with Gasteiger partial charge in [0.25, 0.3) is 11.5 Å². The summed E-state index contributed by atoms with van der Waals surface area (Å²) in [6.45, 7) is 2.50. The molecule has 0 aliphatic heterocycles. The van der Waals surface area contributed by atoms with Crippen LogP contribution in [0.1, 0.15) is 36.9 Å². The fourth-order valence-electron chi connectivity index (χ4n) is 4.33. The summed E-state index contributed by atoms with van der Waals surface area (Å²) < 4.78 is 11.8. The number of nitrogens with zero attached hydrogens (tertiary/aromatic N) is 2. The van der Waals surface area contributed by atoms with Crippen LogP contribution in [0.4, 0.5) is 0 Å². The Morgan fingerprint density at radius 1 is 1.16 bits per heavy atom. The van der Waals surface area contributed by atoms with Gasteiger partial charge in [0, 0.05) is 23.9 Å². The van der Waals surface area contributed by atoms with Crippen molar-refractivity contribution in [2.24, 2.45) is 0 Å². The van der Waals surface area contributed by atoms with Crippen LogP contribution in [0.2, 0.25) is 0 Å². The first kappa shape index (κ1) is 20.3. The molecule has 0 saturated heterocycles. The molecule has 1 aliphatic carbocycles. The third kappa shape index (κ3) is 3.86. The second-order valence-electron chi connectivity index (χ2n) is 8.10. The van der Waals surface area contributed by atoms with Gasteiger partial charge < -0.3 is 19.0 Å². The van der Waals surface area contributed by atoms with Crippen molar-refractivity contribution in [3.05, 3.63) is 70.0 Å². The van der Waals surface area contributed by atoms with Crippen LogP contribution in [-0.2, 0) is 24.2 Å². The van der Waals surface area contributed by atoms with Crippen molar-refractivity contribution in [2.75, 3.05) is 13.2 Å². The lowest BCUT2D eigenvalue weighted by Crippen LogP contribution is -2.35. The Hall–Kier alpha value is -3.61. The van der Waals surface area contributed by atoms with E-state index >= 15 is 0 Å². The van der Waals surface area contributed by atoms with E-state index in [9.17, 15) is 9.59 Å². The van der Waals surface area contributed by atoms with E-state index in [1.807, 2.05) is 31.2 Å². The molecule has 0 atom stereocenters. The third-order valence-corrected chi connectivity index (χ3v) is 6.03. The number of amides is 1. The molecule has 0 fully saturated rings. The summed E-state index contributed by atoms with van der Waals surface area (Å²) in [4.78, 5) is 34.0. The minimum atomic E-state index is -0.206. The molecule has 1 N–H and O–H groups in total. The van der Waals surface area contributed by atoms with Gasteiger partial charge in [0.15, 0.2) is 6.61 Å². The number of aromatic amines is 1. The SMILES string of the molecule is CCN(Cc1nc2ccccc2c(=O)[nH]1)C(=O)COc1ccc2oc3c(c2c1)CCCC3. The molecular weight excluding hydrogens is 406 g/mol. The number of benzene rings is 2. The molecule has 2 aromatic heterocycles. The first-order valence-electron chi connectivity index (χ1n) is 11.0. The summed E-state index contributed by atoms with van der Waals surface area (Å²) >= 11 is 0. The summed E-state index contributed by atoms with van der Waals surface area (Å²) in [5, 5.41) is 1.61. The fraction of sp³-hybridized carbons (Fsp3) is 0.320. The molecule has 5 rings (SSSR count). The van der Waals surface area contributed by atoms with E-state index in [0.717, 1.165) is 36.0 Å². The number of fused-ring (bicyclic) bond motifs is 4. The van der Waals surface area contributed by atoms with Crippen LogP contribution in [0.5, 0.6) is 5.75 Å². The first-order chi connectivity index (χ1) is 15.6. The number of furan rings is 1. The first-order valence-corrected chi connectivity index (χ1v) is 11.0. The van der Waals surface area contributed by atoms with E-state index in [1.54, 1.807) is 23.1 Å². The predicted molar refractivity (Wildman–Crippen MR) is 122 cm³/mol. The van der Waals surface area contributed by atoms with E-state index in [-0.39, 0.29) is 24.6 Å². The molecule has 164 valence electrons. The van der Waals surface area contributed by atoms with Crippen molar-refractivity contribution >= 4 is 27.8 Å². The van der Waals surface area contributed by atoms with Crippen LogP contribution in [0.3, 0.4) is 0 Å². The summed E-state index contributed by atoms with van der Waals surface area (Å²) in [5.41, 5.74) is 2.55. The number of hydrogen-bond acceptors (Lipinski definition) is 5. The molecule has 0 bridgehead atoms. The number of hydrogen-bond donors (Lipinski definition) is 1. The van der Waals surface area contributed by atoms with Crippen molar-refractivity contribution in [1.29, 1.82) is 0 Å². The molecule has 0 radical (unpaired) electrons. The van der Waals surface area contributed by atoms with E-state index in [1.165, 1.54) is 12.0 Å². The van der Waals surface area contributed by atoms with Gasteiger partial charge in [0.2, 0.25) is 0 Å². The van der Waals surface area contributed by atoms with E-state index in [0.29, 0.717) is 29.0 Å². The highest BCUT2D eigenvalue weighted by Gasteiger charge is 2.19. The number of ether oxygens (including phenoxy) is 1. The van der Waals surface area contributed by atoms with Crippen molar-refractivity contribution in [2.45, 2.75) is 39.2 Å². The highest BCUT2D eigenvalue weighted by atomic mass is 16.5. The zero-order valence-electron chi connectivity index (χ0n) is 18.0. The van der Waals surface area contributed by atoms with Crippen molar-refractivity contribution < 1.29 is 13.9 Å². The van der Waals surface area contributed by atoms with Gasteiger partial charge in [-0.1, -0.05) is 12.1 Å². The predicted octanol–water partition coefficient (Wildman–Crippen LogP) is 3.98. The Morgan fingerprint density at radius 2 is 2.00 bits per heavy atom.